The number of unbranched alkanes of at least 4 members (excludes halogenated alkanes) is 3. The summed E-state index contributed by atoms with van der Waals surface area (Å²) in [4.78, 5) is 13.8. The van der Waals surface area contributed by atoms with E-state index in [4.69, 9.17) is 0 Å². The van der Waals surface area contributed by atoms with Crippen molar-refractivity contribution in [2.45, 2.75) is 57.1 Å². The van der Waals surface area contributed by atoms with Gasteiger partial charge in [-0.25, -0.2) is 0 Å². The molecule has 3 nitrogen and oxygen atoms in total. The van der Waals surface area contributed by atoms with Gasteiger partial charge in [0.25, 0.3) is 0 Å². The molecule has 1 aliphatic carbocycles. The molecule has 1 radical (unpaired) electrons. The zero-order chi connectivity index (χ0) is 14.8. The van der Waals surface area contributed by atoms with Crippen LogP contribution in [-0.4, -0.2) is 22.5 Å². The van der Waals surface area contributed by atoms with Crippen molar-refractivity contribution in [2.75, 3.05) is 6.54 Å². The van der Waals surface area contributed by atoms with Gasteiger partial charge in [-0.2, -0.15) is 6.42 Å². The molecule has 0 aromatic heterocycles. The van der Waals surface area contributed by atoms with E-state index in [0.717, 1.165) is 50.6 Å². The van der Waals surface area contributed by atoms with Crippen LogP contribution in [-0.2, 0) is 43.9 Å². The summed E-state index contributed by atoms with van der Waals surface area (Å²) in [5, 5.41) is 9.87. The van der Waals surface area contributed by atoms with Gasteiger partial charge >= 0.3 is 0 Å². The van der Waals surface area contributed by atoms with Crippen molar-refractivity contribution in [1.82, 2.24) is 4.90 Å². The van der Waals surface area contributed by atoms with Gasteiger partial charge in [-0.3, -0.25) is 4.79 Å². The van der Waals surface area contributed by atoms with Crippen LogP contribution in [0.3, 0.4) is 0 Å². The third-order valence-electron chi connectivity index (χ3n) is 4.81. The number of benzene rings is 1. The van der Waals surface area contributed by atoms with E-state index in [-0.39, 0.29) is 50.8 Å². The summed E-state index contributed by atoms with van der Waals surface area (Å²) in [6, 6.07) is 6.59. The standard InChI is InChI=1S/C18H24NO2.Y/c1-2-3-4-5-10-19-16(12-18(19)21)14-6-8-15-13(11-14)7-9-17(15)20;/h6,8,11,16-17,20H,1-5,7,9-10,12H2;/q-1;/t16-,17?;/m1./s1. The van der Waals surface area contributed by atoms with Gasteiger partial charge < -0.3 is 16.9 Å². The van der Waals surface area contributed by atoms with E-state index in [1.807, 2.05) is 11.0 Å². The van der Waals surface area contributed by atoms with Gasteiger partial charge in [-0.15, -0.1) is 0 Å². The molecule has 0 saturated carbocycles. The van der Waals surface area contributed by atoms with E-state index >= 15 is 0 Å². The predicted molar refractivity (Wildman–Crippen MR) is 82.6 cm³/mol. The van der Waals surface area contributed by atoms with Gasteiger partial charge in [0.05, 0.1) is 18.6 Å². The third-order valence-corrected chi connectivity index (χ3v) is 4.81. The molecule has 1 heterocycles. The first-order valence-corrected chi connectivity index (χ1v) is 8.10. The van der Waals surface area contributed by atoms with Crippen molar-refractivity contribution in [3.63, 3.8) is 0 Å². The smallest absolute Gasteiger partial charge is 0.225 e. The molecule has 0 spiro atoms. The second-order valence-corrected chi connectivity index (χ2v) is 6.23. The SMILES string of the molecule is [CH2-]CCCCCN1C(=O)C[C@@H]1c1ccc2c(c1)CCC2O.[Y]. The normalized spacial score (nSPS) is 23.0. The number of hydrogen-bond donors (Lipinski definition) is 1. The van der Waals surface area contributed by atoms with Gasteiger partial charge in [0.1, 0.15) is 0 Å². The second-order valence-electron chi connectivity index (χ2n) is 6.23. The average molecular weight is 375 g/mol. The number of fused-ring (bicyclic) bond motifs is 1. The largest absolute Gasteiger partial charge is 0.388 e. The van der Waals surface area contributed by atoms with Gasteiger partial charge in [0.15, 0.2) is 0 Å². The molecule has 1 amide bonds. The summed E-state index contributed by atoms with van der Waals surface area (Å²) >= 11 is 0. The van der Waals surface area contributed by atoms with Crippen LogP contribution in [0.15, 0.2) is 18.2 Å². The molecule has 1 fully saturated rings. The van der Waals surface area contributed by atoms with E-state index in [1.165, 1.54) is 11.1 Å². The molecule has 1 N–H and O–H groups in total. The Balaban J connectivity index is 0.00000176. The Bertz CT molecular complexity index is 532. The van der Waals surface area contributed by atoms with Gasteiger partial charge in [0.2, 0.25) is 5.91 Å². The van der Waals surface area contributed by atoms with Crippen molar-refractivity contribution in [1.29, 1.82) is 0 Å². The van der Waals surface area contributed by atoms with Crippen LogP contribution < -0.4 is 0 Å². The number of likely N-dealkylation sites (tertiary alicyclic amines) is 1. The van der Waals surface area contributed by atoms with E-state index in [0.29, 0.717) is 6.42 Å². The first kappa shape index (κ1) is 18.1. The van der Waals surface area contributed by atoms with Crippen molar-refractivity contribution in [2.24, 2.45) is 0 Å². The number of amides is 1. The van der Waals surface area contributed by atoms with Crippen LogP contribution in [0.25, 0.3) is 0 Å². The van der Waals surface area contributed by atoms with E-state index < -0.39 is 0 Å². The number of β-lactam (4-membered cyclic amide) rings is 1. The molecular formula is C18H24NO2Y-. The number of nitrogens with zero attached hydrogens (tertiary/aromatic N) is 1. The molecule has 22 heavy (non-hydrogen) atoms. The number of hydrogen-bond acceptors (Lipinski definition) is 2. The molecule has 2 aliphatic rings. The summed E-state index contributed by atoms with van der Waals surface area (Å²) in [6.07, 6.45) is 6.46. The minimum absolute atomic E-state index is 0. The number of aliphatic hydroxyl groups excluding tert-OH is 1. The molecule has 1 aliphatic heterocycles. The Hall–Kier alpha value is -0.246. The molecule has 1 aromatic carbocycles. The van der Waals surface area contributed by atoms with Crippen LogP contribution in [0.4, 0.5) is 0 Å². The number of rotatable bonds is 6. The topological polar surface area (TPSA) is 40.5 Å². The summed E-state index contributed by atoms with van der Waals surface area (Å²) in [7, 11) is 0. The van der Waals surface area contributed by atoms with E-state index in [2.05, 4.69) is 19.1 Å². The molecule has 117 valence electrons. The van der Waals surface area contributed by atoms with Crippen molar-refractivity contribution in [3.05, 3.63) is 41.8 Å². The molecule has 3 rings (SSSR count). The third kappa shape index (κ3) is 3.63. The Morgan fingerprint density at radius 3 is 2.82 bits per heavy atom. The van der Waals surface area contributed by atoms with E-state index in [9.17, 15) is 9.90 Å². The van der Waals surface area contributed by atoms with Crippen LogP contribution in [0.5, 0.6) is 0 Å². The van der Waals surface area contributed by atoms with Crippen LogP contribution >= 0.6 is 0 Å². The summed E-state index contributed by atoms with van der Waals surface area (Å²) in [5.74, 6) is 0.273. The predicted octanol–water partition coefficient (Wildman–Crippen LogP) is 3.33. The quantitative estimate of drug-likeness (QED) is 0.471. The minimum atomic E-state index is -0.296. The molecular weight excluding hydrogens is 351 g/mol. The van der Waals surface area contributed by atoms with Crippen molar-refractivity contribution >= 4 is 5.91 Å². The fourth-order valence-electron chi connectivity index (χ4n) is 3.49. The average Bonchev–Trinajstić information content (AvgIpc) is 2.85. The summed E-state index contributed by atoms with van der Waals surface area (Å²) in [5.41, 5.74) is 3.57. The first-order chi connectivity index (χ1) is 10.2. The zero-order valence-electron chi connectivity index (χ0n) is 13.1. The van der Waals surface area contributed by atoms with Crippen molar-refractivity contribution < 1.29 is 42.6 Å². The van der Waals surface area contributed by atoms with Gasteiger partial charge in [0, 0.05) is 39.3 Å². The Morgan fingerprint density at radius 1 is 1.27 bits per heavy atom. The molecule has 0 bridgehead atoms. The van der Waals surface area contributed by atoms with Crippen LogP contribution in [0.1, 0.15) is 67.4 Å². The number of aryl methyl sites for hydroxylation is 1. The molecule has 1 saturated heterocycles. The van der Waals surface area contributed by atoms with E-state index in [1.54, 1.807) is 0 Å². The second kappa shape index (κ2) is 8.03. The number of aliphatic hydroxyl groups is 1. The zero-order valence-corrected chi connectivity index (χ0v) is 16.0. The Morgan fingerprint density at radius 2 is 2.09 bits per heavy atom. The first-order valence-electron chi connectivity index (χ1n) is 8.10. The molecule has 4 heteroatoms. The minimum Gasteiger partial charge on any atom is -0.388 e. The molecule has 2 atom stereocenters. The number of carbonyl (C=O) groups excluding carboxylic acids is 1. The Kier molecular flexibility index (Phi) is 6.61. The van der Waals surface area contributed by atoms with Crippen LogP contribution in [0, 0.1) is 6.92 Å². The fraction of sp³-hybridized carbons (Fsp3) is 0.556. The molecule has 1 aromatic rings. The van der Waals surface area contributed by atoms with Crippen LogP contribution in [0.2, 0.25) is 0 Å². The Labute approximate surface area is 158 Å². The summed E-state index contributed by atoms with van der Waals surface area (Å²) < 4.78 is 0. The maximum Gasteiger partial charge on any atom is 0.225 e. The maximum absolute atomic E-state index is 11.8. The molecule has 1 unspecified atom stereocenters. The van der Waals surface area contributed by atoms with Gasteiger partial charge in [-0.1, -0.05) is 31.0 Å². The maximum atomic E-state index is 11.8. The number of carbonyl (C=O) groups is 1. The fourth-order valence-corrected chi connectivity index (χ4v) is 3.49. The summed E-state index contributed by atoms with van der Waals surface area (Å²) in [6.45, 7) is 4.72. The van der Waals surface area contributed by atoms with Gasteiger partial charge in [-0.05, 0) is 36.0 Å². The monoisotopic (exact) mass is 375 g/mol. The van der Waals surface area contributed by atoms with Crippen molar-refractivity contribution in [3.8, 4) is 0 Å².